The number of ether oxygens (including phenoxy) is 2. The molecule has 12 aliphatic carbocycles. The molecule has 0 bridgehead atoms. The van der Waals surface area contributed by atoms with E-state index >= 15 is 0 Å². The van der Waals surface area contributed by atoms with Crippen LogP contribution in [0.4, 0.5) is 0 Å². The second kappa shape index (κ2) is 33.1. The summed E-state index contributed by atoms with van der Waals surface area (Å²) < 4.78 is 41.1. The average Bonchev–Trinajstić information content (AvgIpc) is 1.43. The van der Waals surface area contributed by atoms with Gasteiger partial charge in [0.15, 0.2) is 35.5 Å². The summed E-state index contributed by atoms with van der Waals surface area (Å²) in [6.45, 7) is 27.7. The van der Waals surface area contributed by atoms with E-state index in [4.69, 9.17) is 14.0 Å². The third-order valence-corrected chi connectivity index (χ3v) is 29.6. The third-order valence-electron chi connectivity index (χ3n) is 28.9. The van der Waals surface area contributed by atoms with E-state index in [0.717, 1.165) is 48.8 Å². The number of rotatable bonds is 19. The zero-order valence-electron chi connectivity index (χ0n) is 65.9. The van der Waals surface area contributed by atoms with E-state index < -0.39 is 103 Å². The number of carbonyl (C=O) groups excluding carboxylic acids is 8. The van der Waals surface area contributed by atoms with Crippen molar-refractivity contribution in [3.63, 3.8) is 0 Å². The van der Waals surface area contributed by atoms with E-state index in [1.807, 2.05) is 59.8 Å². The number of hydrogen-bond donors (Lipinski definition) is 8. The van der Waals surface area contributed by atoms with Crippen molar-refractivity contribution in [2.24, 2.45) is 104 Å². The number of carbonyl (C=O) groups is 8. The maximum absolute atomic E-state index is 13.5. The molecular formula is C84H127NO20S. The molecule has 9 saturated carbocycles. The van der Waals surface area contributed by atoms with Gasteiger partial charge in [-0.2, -0.15) is 8.42 Å². The van der Waals surface area contributed by atoms with Crippen molar-refractivity contribution < 1.29 is 96.5 Å². The maximum atomic E-state index is 13.5. The third kappa shape index (κ3) is 15.6. The van der Waals surface area contributed by atoms with Gasteiger partial charge in [-0.3, -0.25) is 42.9 Å². The van der Waals surface area contributed by atoms with Gasteiger partial charge in [-0.05, 0) is 187 Å². The molecule has 1 amide bonds. The summed E-state index contributed by atoms with van der Waals surface area (Å²) >= 11 is 0. The number of ketones is 6. The zero-order valence-corrected chi connectivity index (χ0v) is 66.7. The van der Waals surface area contributed by atoms with Crippen molar-refractivity contribution in [3.8, 4) is 0 Å². The highest BCUT2D eigenvalue weighted by atomic mass is 32.2. The maximum Gasteiger partial charge on any atom is 0.306 e. The summed E-state index contributed by atoms with van der Waals surface area (Å²) in [6.07, 6.45) is 24.4. The lowest BCUT2D eigenvalue weighted by Crippen LogP contribution is -2.62. The van der Waals surface area contributed by atoms with Crippen molar-refractivity contribution in [1.29, 1.82) is 0 Å². The number of Topliss-reactive ketones (excluding diaryl/α,β-unsaturated/α-hetero) is 3. The van der Waals surface area contributed by atoms with Gasteiger partial charge in [0.1, 0.15) is 30.0 Å². The van der Waals surface area contributed by atoms with E-state index in [9.17, 15) is 82.5 Å². The first-order valence-electron chi connectivity index (χ1n) is 39.7. The second-order valence-electron chi connectivity index (χ2n) is 34.9. The van der Waals surface area contributed by atoms with Gasteiger partial charge in [0.2, 0.25) is 11.7 Å². The Bertz CT molecular complexity index is 3630. The van der Waals surface area contributed by atoms with Crippen LogP contribution in [0.15, 0.2) is 71.4 Å². The molecule has 9 fully saturated rings. The molecule has 0 heterocycles. The Balaban J connectivity index is 0.000000202. The van der Waals surface area contributed by atoms with Crippen LogP contribution in [0.2, 0.25) is 0 Å². The first-order valence-corrected chi connectivity index (χ1v) is 41.3. The van der Waals surface area contributed by atoms with Crippen LogP contribution in [-0.2, 0) is 57.9 Å². The fraction of sp³-hybridized carbons (Fsp3) is 0.762. The predicted molar refractivity (Wildman–Crippen MR) is 401 cm³/mol. The van der Waals surface area contributed by atoms with Crippen LogP contribution >= 0.6 is 0 Å². The summed E-state index contributed by atoms with van der Waals surface area (Å²) in [4.78, 5) is 101. The number of fused-ring (bicyclic) bond motifs is 15. The van der Waals surface area contributed by atoms with Gasteiger partial charge >= 0.3 is 5.97 Å². The second-order valence-corrected chi connectivity index (χ2v) is 36.4. The molecule has 0 spiro atoms. The summed E-state index contributed by atoms with van der Waals surface area (Å²) in [6, 6.07) is 0. The molecule has 0 aromatic heterocycles. The van der Waals surface area contributed by atoms with Crippen LogP contribution in [0.1, 0.15) is 219 Å². The SMILES string of the molecule is CC.CCC.CCOCC(=O)[C@@]1(O)CC[C@H]2[C@@H]3C[C@H](C)C4=CC(=O)C=C[C@]4(C)[C@H]3[C@@H](O)C[C@@]21C.C[C@H]1C[C@@H]2[C@H]([C@@H](O)C[C@@]3(C)[C@H]2CC[C@]3(O)C(=O)CO)[C@@]2(C)C=CC(=O)C=C12.C[C@H]1C[C@@H]2[C@H]([C@@H](O)C[C@@]3(C)[C@H]2CC[C@]3(O)C(=O)COC(=O)CCCCCCC(=O)N(C)CCS(=O)(=O)O)[C@@]2(C)C=CC(=O)C=C12. The molecule has 22 heteroatoms. The molecule has 8 N–H and O–H groups in total. The van der Waals surface area contributed by atoms with Crippen molar-refractivity contribution in [2.45, 2.75) is 254 Å². The number of allylic oxidation sites excluding steroid dienone is 12. The monoisotopic (exact) mass is 1500 g/mol. The number of aliphatic hydroxyl groups is 7. The molecule has 0 radical (unpaired) electrons. The fourth-order valence-corrected chi connectivity index (χ4v) is 24.4. The van der Waals surface area contributed by atoms with Gasteiger partial charge in [-0.25, -0.2) is 0 Å². The number of nitrogens with zero attached hydrogens (tertiary/aromatic N) is 1. The standard InChI is InChI=1S/C33H49NO10S.C24H34O5.C22H30O5.C3H8.C2H6/c1-21-17-23-24-12-14-33(40,32(24,3)19-26(36)30(23)31(2)13-11-22(35)18-25(21)31)27(37)20-44-29(39)10-8-6-5-7-9-28(38)34(4)15-16-45(41,42)43;1-5-29-13-20(27)24(28)9-7-17-16-10-14(2)18-11-15(25)6-8-22(18,3)21(16)19(26)12-23(17,24)4;1-12-8-14-15-5-7-22(27,18(26)11-23)21(15,3)10-17(25)19(14)20(2)6-4-13(24)9-16(12)20;1-3-2;1-2/h11,13,18,21,23-24,26,30,36,40H,5-10,12,14-17,19-20H2,1-4H3,(H,41,42,43);6,8,11,14,16-17,19,21,26,28H,5,7,9-10,12-13H2,1-4H3;4,6,9,12,14-15,17,19,23,25,27H,5,7-8,10-11H2,1-3H3;3H2,1-2H3;1-2H3/t21-,23-,24-,26-,30+,31-,32-,33-;14-,16-,17-,19-,21+,22-,23-,24-;12-,14-,15-,17-,19+,20-,21-,22-;;/m000../s1. The molecular weight excluding hydrogens is 1370 g/mol. The van der Waals surface area contributed by atoms with Gasteiger partial charge in [-0.15, -0.1) is 0 Å². The number of amides is 1. The minimum absolute atomic E-state index is 0.00297. The van der Waals surface area contributed by atoms with Crippen LogP contribution in [0.5, 0.6) is 0 Å². The predicted octanol–water partition coefficient (Wildman–Crippen LogP) is 10.1. The molecule has 21 nitrogen and oxygen atoms in total. The van der Waals surface area contributed by atoms with E-state index in [1.165, 1.54) is 18.4 Å². The van der Waals surface area contributed by atoms with Crippen LogP contribution < -0.4 is 0 Å². The Morgan fingerprint density at radius 1 is 0.538 bits per heavy atom. The van der Waals surface area contributed by atoms with Gasteiger partial charge in [0.05, 0.1) is 24.1 Å². The van der Waals surface area contributed by atoms with E-state index in [1.54, 1.807) is 36.5 Å². The largest absolute Gasteiger partial charge is 0.458 e. The highest BCUT2D eigenvalue weighted by Crippen LogP contribution is 2.71. The summed E-state index contributed by atoms with van der Waals surface area (Å²) in [5, 5.41) is 78.2. The van der Waals surface area contributed by atoms with Crippen molar-refractivity contribution >= 4 is 56.7 Å². The van der Waals surface area contributed by atoms with Crippen LogP contribution in [0, 0.1) is 104 Å². The molecule has 594 valence electrons. The van der Waals surface area contributed by atoms with Crippen molar-refractivity contribution in [3.05, 3.63) is 71.4 Å². The molecule has 24 atom stereocenters. The van der Waals surface area contributed by atoms with Crippen molar-refractivity contribution in [1.82, 2.24) is 4.90 Å². The number of aliphatic hydroxyl groups excluding tert-OH is 4. The lowest BCUT2D eigenvalue weighted by Gasteiger charge is -2.60. The Kier molecular flexibility index (Phi) is 27.1. The smallest absolute Gasteiger partial charge is 0.306 e. The average molecular weight is 1500 g/mol. The summed E-state index contributed by atoms with van der Waals surface area (Å²) in [5.41, 5.74) is -4.94. The molecule has 12 aliphatic rings. The van der Waals surface area contributed by atoms with Gasteiger partial charge < -0.3 is 50.1 Å². The van der Waals surface area contributed by atoms with Gasteiger partial charge in [0, 0.05) is 83.3 Å². The van der Waals surface area contributed by atoms with Crippen molar-refractivity contribution in [2.75, 3.05) is 45.8 Å². The zero-order chi connectivity index (χ0) is 79.0. The minimum atomic E-state index is -4.13. The molecule has 0 aliphatic heterocycles. The Labute approximate surface area is 629 Å². The molecule has 106 heavy (non-hydrogen) atoms. The van der Waals surface area contributed by atoms with Crippen LogP contribution in [0.3, 0.4) is 0 Å². The van der Waals surface area contributed by atoms with Gasteiger partial charge in [-0.1, -0.05) is 144 Å². The summed E-state index contributed by atoms with van der Waals surface area (Å²) in [5.74, 6) is -1.50. The molecule has 0 aromatic carbocycles. The summed E-state index contributed by atoms with van der Waals surface area (Å²) in [7, 11) is -2.66. The van der Waals surface area contributed by atoms with E-state index in [0.29, 0.717) is 64.4 Å². The van der Waals surface area contributed by atoms with Crippen LogP contribution in [-0.4, -0.2) is 181 Å². The Morgan fingerprint density at radius 2 is 0.868 bits per heavy atom. The van der Waals surface area contributed by atoms with E-state index in [2.05, 4.69) is 55.4 Å². The first-order chi connectivity index (χ1) is 49.5. The molecule has 0 unspecified atom stereocenters. The first kappa shape index (κ1) is 86.6. The Hall–Kier alpha value is -5.01. The number of hydrogen-bond acceptors (Lipinski definition) is 19. The van der Waals surface area contributed by atoms with Crippen LogP contribution in [0.25, 0.3) is 0 Å². The Morgan fingerprint density at radius 3 is 1.20 bits per heavy atom. The fourth-order valence-electron chi connectivity index (χ4n) is 23.9. The normalized spacial score (nSPS) is 41.7. The van der Waals surface area contributed by atoms with Gasteiger partial charge in [0.25, 0.3) is 10.1 Å². The highest BCUT2D eigenvalue weighted by molar-refractivity contribution is 7.85. The minimum Gasteiger partial charge on any atom is -0.458 e. The molecule has 12 rings (SSSR count). The topological polar surface area (TPSA) is 354 Å². The molecule has 0 aromatic rings. The number of unbranched alkanes of at least 4 members (excludes halogenated alkanes) is 3. The van der Waals surface area contributed by atoms with E-state index in [-0.39, 0.29) is 150 Å². The number of esters is 1. The quantitative estimate of drug-likeness (QED) is 0.0338. The lowest BCUT2D eigenvalue weighted by molar-refractivity contribution is -0.182. The lowest BCUT2D eigenvalue weighted by atomic mass is 9.45. The molecule has 0 saturated heterocycles. The highest BCUT2D eigenvalue weighted by Gasteiger charge is 2.72.